The molecule has 0 bridgehead atoms. The van der Waals surface area contributed by atoms with Crippen molar-refractivity contribution in [3.05, 3.63) is 65.5 Å². The summed E-state index contributed by atoms with van der Waals surface area (Å²) in [5.41, 5.74) is 1.77. The summed E-state index contributed by atoms with van der Waals surface area (Å²) in [5, 5.41) is 5.45. The number of aromatic nitrogens is 1. The zero-order chi connectivity index (χ0) is 20.6. The van der Waals surface area contributed by atoms with Crippen molar-refractivity contribution in [3.8, 4) is 11.5 Å². The number of nitrogens with one attached hydrogen (secondary N) is 1. The summed E-state index contributed by atoms with van der Waals surface area (Å²) in [7, 11) is -3.37. The molecule has 0 aliphatic carbocycles. The van der Waals surface area contributed by atoms with Crippen molar-refractivity contribution in [1.29, 1.82) is 0 Å². The van der Waals surface area contributed by atoms with Gasteiger partial charge in [-0.1, -0.05) is 18.2 Å². The quantitative estimate of drug-likeness (QED) is 0.486. The molecule has 8 heteroatoms. The molecule has 29 heavy (non-hydrogen) atoms. The summed E-state index contributed by atoms with van der Waals surface area (Å²) in [4.78, 5) is 17.1. The predicted octanol–water partition coefficient (Wildman–Crippen LogP) is 4.99. The molecule has 1 amide bonds. The first-order valence-electron chi connectivity index (χ1n) is 8.94. The molecule has 2 aromatic carbocycles. The van der Waals surface area contributed by atoms with Gasteiger partial charge in [0.1, 0.15) is 11.3 Å². The van der Waals surface area contributed by atoms with E-state index < -0.39 is 15.1 Å². The van der Waals surface area contributed by atoms with Gasteiger partial charge >= 0.3 is 0 Å². The summed E-state index contributed by atoms with van der Waals surface area (Å²) >= 11 is 1.29. The highest BCUT2D eigenvalue weighted by molar-refractivity contribution is 7.92. The van der Waals surface area contributed by atoms with E-state index in [1.807, 2.05) is 35.7 Å². The fraction of sp³-hybridized carbons (Fsp3) is 0.143. The van der Waals surface area contributed by atoms with Crippen molar-refractivity contribution in [2.24, 2.45) is 0 Å². The number of sulfone groups is 1. The summed E-state index contributed by atoms with van der Waals surface area (Å²) in [5.74, 6) is 0.273. The molecule has 0 saturated carbocycles. The lowest BCUT2D eigenvalue weighted by Crippen LogP contribution is -2.15. The summed E-state index contributed by atoms with van der Waals surface area (Å²) in [6, 6.07) is 15.5. The summed E-state index contributed by atoms with van der Waals surface area (Å²) < 4.78 is 30.2. The molecular weight excluding hydrogens is 408 g/mol. The van der Waals surface area contributed by atoms with Crippen LogP contribution in [0.15, 0.2) is 69.3 Å². The highest BCUT2D eigenvalue weighted by Gasteiger charge is 2.19. The molecule has 0 aliphatic heterocycles. The zero-order valence-corrected chi connectivity index (χ0v) is 17.4. The minimum Gasteiger partial charge on any atom is -0.454 e. The van der Waals surface area contributed by atoms with Gasteiger partial charge in [0.05, 0.1) is 10.1 Å². The van der Waals surface area contributed by atoms with Gasteiger partial charge in [-0.05, 0) is 50.2 Å². The lowest BCUT2D eigenvalue weighted by atomic mass is 10.2. The molecular formula is C21H18N2O4S2. The Labute approximate surface area is 172 Å². The number of rotatable bonds is 5. The molecule has 4 rings (SSSR count). The molecule has 1 N–H and O–H groups in total. The number of thiazole rings is 1. The summed E-state index contributed by atoms with van der Waals surface area (Å²) in [6.07, 6.45) is 0. The van der Waals surface area contributed by atoms with E-state index in [9.17, 15) is 13.2 Å². The standard InChI is InChI=1S/C21H18N2O4S2/c1-13(2)29(25,26)16-9-7-14(8-10-16)20(24)23-21-22-17(12-28-21)19-11-15-5-3-4-6-18(15)27-19/h3-13H,1-2H3,(H,22,23,24). The van der Waals surface area contributed by atoms with E-state index in [0.29, 0.717) is 22.1 Å². The molecule has 6 nitrogen and oxygen atoms in total. The largest absolute Gasteiger partial charge is 0.454 e. The van der Waals surface area contributed by atoms with E-state index in [2.05, 4.69) is 10.3 Å². The summed E-state index contributed by atoms with van der Waals surface area (Å²) in [6.45, 7) is 3.25. The normalized spacial score (nSPS) is 11.8. The topological polar surface area (TPSA) is 89.3 Å². The van der Waals surface area contributed by atoms with Crippen LogP contribution in [0.2, 0.25) is 0 Å². The fourth-order valence-electron chi connectivity index (χ4n) is 2.79. The van der Waals surface area contributed by atoms with E-state index in [-0.39, 0.29) is 10.8 Å². The van der Waals surface area contributed by atoms with Gasteiger partial charge in [0.15, 0.2) is 20.7 Å². The average molecular weight is 427 g/mol. The van der Waals surface area contributed by atoms with Crippen LogP contribution in [0.3, 0.4) is 0 Å². The van der Waals surface area contributed by atoms with Gasteiger partial charge < -0.3 is 4.42 Å². The number of nitrogens with zero attached hydrogens (tertiary/aromatic N) is 1. The first kappa shape index (κ1) is 19.4. The van der Waals surface area contributed by atoms with Gasteiger partial charge in [0.2, 0.25) is 0 Å². The number of fused-ring (bicyclic) bond motifs is 1. The SMILES string of the molecule is CC(C)S(=O)(=O)c1ccc(C(=O)Nc2nc(-c3cc4ccccc4o3)cs2)cc1. The van der Waals surface area contributed by atoms with Crippen LogP contribution < -0.4 is 5.32 Å². The van der Waals surface area contributed by atoms with Crippen LogP contribution in [-0.2, 0) is 9.84 Å². The minimum absolute atomic E-state index is 0.200. The molecule has 2 heterocycles. The molecule has 0 aliphatic rings. The Hall–Kier alpha value is -2.97. The number of hydrogen-bond donors (Lipinski definition) is 1. The highest BCUT2D eigenvalue weighted by atomic mass is 32.2. The second-order valence-corrected chi connectivity index (χ2v) is 10.1. The van der Waals surface area contributed by atoms with Gasteiger partial charge in [0.25, 0.3) is 5.91 Å². The molecule has 148 valence electrons. The highest BCUT2D eigenvalue weighted by Crippen LogP contribution is 2.30. The van der Waals surface area contributed by atoms with Gasteiger partial charge in [-0.25, -0.2) is 13.4 Å². The number of amides is 1. The van der Waals surface area contributed by atoms with Gasteiger partial charge in [-0.3, -0.25) is 10.1 Å². The van der Waals surface area contributed by atoms with E-state index in [0.717, 1.165) is 11.0 Å². The van der Waals surface area contributed by atoms with Crippen molar-refractivity contribution < 1.29 is 17.6 Å². The number of para-hydroxylation sites is 1. The van der Waals surface area contributed by atoms with Gasteiger partial charge in [-0.2, -0.15) is 0 Å². The lowest BCUT2D eigenvalue weighted by molar-refractivity contribution is 0.102. The second kappa shape index (κ2) is 7.46. The van der Waals surface area contributed by atoms with Crippen LogP contribution in [0.4, 0.5) is 5.13 Å². The smallest absolute Gasteiger partial charge is 0.257 e. The van der Waals surface area contributed by atoms with Crippen LogP contribution in [0.5, 0.6) is 0 Å². The third-order valence-corrected chi connectivity index (χ3v) is 7.40. The van der Waals surface area contributed by atoms with Crippen LogP contribution in [0.1, 0.15) is 24.2 Å². The van der Waals surface area contributed by atoms with E-state index in [1.54, 1.807) is 13.8 Å². The maximum atomic E-state index is 12.5. The molecule has 0 atom stereocenters. The Morgan fingerprint density at radius 2 is 1.83 bits per heavy atom. The van der Waals surface area contributed by atoms with Crippen molar-refractivity contribution in [2.75, 3.05) is 5.32 Å². The number of anilines is 1. The Morgan fingerprint density at radius 3 is 2.52 bits per heavy atom. The fourth-order valence-corrected chi connectivity index (χ4v) is 4.54. The molecule has 0 fully saturated rings. The second-order valence-electron chi connectivity index (χ2n) is 6.76. The van der Waals surface area contributed by atoms with Crippen LogP contribution in [0, 0.1) is 0 Å². The third kappa shape index (κ3) is 3.81. The Bertz CT molecular complexity index is 1250. The van der Waals surface area contributed by atoms with Gasteiger partial charge in [-0.15, -0.1) is 11.3 Å². The molecule has 0 spiro atoms. The zero-order valence-electron chi connectivity index (χ0n) is 15.7. The van der Waals surface area contributed by atoms with E-state index in [1.165, 1.54) is 35.6 Å². The maximum Gasteiger partial charge on any atom is 0.257 e. The molecule has 0 radical (unpaired) electrons. The Balaban J connectivity index is 1.50. The first-order valence-corrected chi connectivity index (χ1v) is 11.4. The van der Waals surface area contributed by atoms with E-state index in [4.69, 9.17) is 4.42 Å². The molecule has 0 saturated heterocycles. The Kier molecular flexibility index (Phi) is 4.97. The van der Waals surface area contributed by atoms with Crippen molar-refractivity contribution in [3.63, 3.8) is 0 Å². The molecule has 4 aromatic rings. The predicted molar refractivity (Wildman–Crippen MR) is 114 cm³/mol. The number of carbonyl (C=O) groups is 1. The number of hydrogen-bond acceptors (Lipinski definition) is 6. The lowest BCUT2D eigenvalue weighted by Gasteiger charge is -2.08. The van der Waals surface area contributed by atoms with Crippen molar-refractivity contribution >= 4 is 43.2 Å². The van der Waals surface area contributed by atoms with Crippen molar-refractivity contribution in [2.45, 2.75) is 24.0 Å². The van der Waals surface area contributed by atoms with Crippen LogP contribution in [0.25, 0.3) is 22.4 Å². The molecule has 2 aromatic heterocycles. The maximum absolute atomic E-state index is 12.5. The van der Waals surface area contributed by atoms with E-state index >= 15 is 0 Å². The van der Waals surface area contributed by atoms with Crippen LogP contribution >= 0.6 is 11.3 Å². The monoisotopic (exact) mass is 426 g/mol. The van der Waals surface area contributed by atoms with Crippen LogP contribution in [-0.4, -0.2) is 24.6 Å². The molecule has 0 unspecified atom stereocenters. The Morgan fingerprint density at radius 1 is 1.10 bits per heavy atom. The third-order valence-electron chi connectivity index (χ3n) is 4.47. The number of benzene rings is 2. The number of carbonyl (C=O) groups excluding carboxylic acids is 1. The van der Waals surface area contributed by atoms with Crippen molar-refractivity contribution in [1.82, 2.24) is 4.98 Å². The first-order chi connectivity index (χ1) is 13.8. The van der Waals surface area contributed by atoms with Gasteiger partial charge in [0, 0.05) is 16.3 Å². The number of furan rings is 1. The average Bonchev–Trinajstić information content (AvgIpc) is 3.34. The minimum atomic E-state index is -3.37.